The second kappa shape index (κ2) is 6.31. The summed E-state index contributed by atoms with van der Waals surface area (Å²) in [6.45, 7) is -0.321. The molecule has 1 heterocycles. The number of aliphatic hydroxyl groups is 1. The predicted molar refractivity (Wildman–Crippen MR) is 74.9 cm³/mol. The van der Waals surface area contributed by atoms with Crippen LogP contribution in [0.15, 0.2) is 24.3 Å². The van der Waals surface area contributed by atoms with Crippen LogP contribution < -0.4 is 10.6 Å². The normalized spacial score (nSPS) is 12.1. The van der Waals surface area contributed by atoms with Crippen LogP contribution in [-0.4, -0.2) is 39.8 Å². The number of amides is 2. The van der Waals surface area contributed by atoms with Crippen molar-refractivity contribution in [3.63, 3.8) is 0 Å². The molecule has 0 unspecified atom stereocenters. The van der Waals surface area contributed by atoms with E-state index in [9.17, 15) is 9.59 Å². The Morgan fingerprint density at radius 2 is 2.10 bits per heavy atom. The molecule has 0 fully saturated rings. The standard InChI is InChI=1S/C12H13N3O4S/c16-6-5-8(10(17)18)13-11(19)15-12-14-7-3-1-2-4-9(7)20-12/h1-4,8,16H,5-6H2,(H,17,18)(H2,13,14,15,19)/t8-/m1/s1. The third kappa shape index (κ3) is 3.43. The van der Waals surface area contributed by atoms with Crippen molar-refractivity contribution >= 4 is 38.7 Å². The van der Waals surface area contributed by atoms with Gasteiger partial charge in [-0.15, -0.1) is 0 Å². The van der Waals surface area contributed by atoms with Gasteiger partial charge in [-0.3, -0.25) is 5.32 Å². The van der Waals surface area contributed by atoms with Gasteiger partial charge < -0.3 is 15.5 Å². The van der Waals surface area contributed by atoms with Crippen LogP contribution in [0.1, 0.15) is 6.42 Å². The summed E-state index contributed by atoms with van der Waals surface area (Å²) in [7, 11) is 0. The summed E-state index contributed by atoms with van der Waals surface area (Å²) in [5, 5.41) is 22.7. The Morgan fingerprint density at radius 3 is 2.75 bits per heavy atom. The Labute approximate surface area is 118 Å². The highest BCUT2D eigenvalue weighted by Crippen LogP contribution is 2.25. The Balaban J connectivity index is 2.01. The molecule has 8 heteroatoms. The van der Waals surface area contributed by atoms with Crippen LogP contribution in [0, 0.1) is 0 Å². The van der Waals surface area contributed by atoms with Crippen molar-refractivity contribution in [2.75, 3.05) is 11.9 Å². The molecule has 1 aromatic heterocycles. The fourth-order valence-electron chi connectivity index (χ4n) is 1.60. The molecule has 20 heavy (non-hydrogen) atoms. The molecule has 7 nitrogen and oxygen atoms in total. The van der Waals surface area contributed by atoms with Gasteiger partial charge in [0.15, 0.2) is 5.13 Å². The number of benzene rings is 1. The maximum atomic E-state index is 11.7. The van der Waals surface area contributed by atoms with Crippen LogP contribution in [0.25, 0.3) is 10.2 Å². The number of aliphatic carboxylic acids is 1. The average molecular weight is 295 g/mol. The third-order valence-electron chi connectivity index (χ3n) is 2.54. The zero-order valence-corrected chi connectivity index (χ0v) is 11.2. The molecule has 4 N–H and O–H groups in total. The average Bonchev–Trinajstić information content (AvgIpc) is 2.79. The number of carbonyl (C=O) groups excluding carboxylic acids is 1. The van der Waals surface area contributed by atoms with Gasteiger partial charge in [-0.05, 0) is 12.1 Å². The Morgan fingerprint density at radius 1 is 1.35 bits per heavy atom. The van der Waals surface area contributed by atoms with Crippen LogP contribution >= 0.6 is 11.3 Å². The quantitative estimate of drug-likeness (QED) is 0.663. The minimum atomic E-state index is -1.20. The third-order valence-corrected chi connectivity index (χ3v) is 3.49. The van der Waals surface area contributed by atoms with E-state index in [2.05, 4.69) is 15.6 Å². The number of carbonyl (C=O) groups is 2. The molecule has 1 atom stereocenters. The minimum absolute atomic E-state index is 0.0530. The zero-order valence-electron chi connectivity index (χ0n) is 10.4. The topological polar surface area (TPSA) is 112 Å². The molecule has 0 saturated carbocycles. The van der Waals surface area contributed by atoms with Crippen molar-refractivity contribution in [1.82, 2.24) is 10.3 Å². The fourth-order valence-corrected chi connectivity index (χ4v) is 2.46. The number of thiazole rings is 1. The molecule has 0 bridgehead atoms. The van der Waals surface area contributed by atoms with Gasteiger partial charge in [0, 0.05) is 13.0 Å². The van der Waals surface area contributed by atoms with Gasteiger partial charge in [-0.1, -0.05) is 23.5 Å². The maximum absolute atomic E-state index is 11.7. The Hall–Kier alpha value is -2.19. The van der Waals surface area contributed by atoms with Crippen molar-refractivity contribution in [1.29, 1.82) is 0 Å². The van der Waals surface area contributed by atoms with E-state index in [0.29, 0.717) is 5.13 Å². The lowest BCUT2D eigenvalue weighted by atomic mass is 10.2. The molecular formula is C12H13N3O4S. The van der Waals surface area contributed by atoms with E-state index in [1.54, 1.807) is 0 Å². The lowest BCUT2D eigenvalue weighted by Gasteiger charge is -2.12. The van der Waals surface area contributed by atoms with E-state index in [-0.39, 0.29) is 13.0 Å². The van der Waals surface area contributed by atoms with Gasteiger partial charge in [-0.25, -0.2) is 14.6 Å². The largest absolute Gasteiger partial charge is 0.480 e. The van der Waals surface area contributed by atoms with Crippen molar-refractivity contribution in [2.45, 2.75) is 12.5 Å². The SMILES string of the molecule is O=C(Nc1nc2ccccc2s1)N[C@H](CCO)C(=O)O. The van der Waals surface area contributed by atoms with Crippen LogP contribution in [-0.2, 0) is 4.79 Å². The number of anilines is 1. The summed E-state index contributed by atoms with van der Waals surface area (Å²) in [6, 6.07) is 5.61. The van der Waals surface area contributed by atoms with E-state index >= 15 is 0 Å². The number of rotatable bonds is 5. The van der Waals surface area contributed by atoms with E-state index in [1.807, 2.05) is 24.3 Å². The molecule has 2 amide bonds. The van der Waals surface area contributed by atoms with Gasteiger partial charge in [0.2, 0.25) is 0 Å². The van der Waals surface area contributed by atoms with Crippen molar-refractivity contribution in [3.05, 3.63) is 24.3 Å². The number of para-hydroxylation sites is 1. The number of carboxylic acids is 1. The van der Waals surface area contributed by atoms with Crippen LogP contribution in [0.5, 0.6) is 0 Å². The summed E-state index contributed by atoms with van der Waals surface area (Å²) >= 11 is 1.29. The summed E-state index contributed by atoms with van der Waals surface area (Å²) < 4.78 is 0.924. The van der Waals surface area contributed by atoms with Crippen molar-refractivity contribution in [2.24, 2.45) is 0 Å². The minimum Gasteiger partial charge on any atom is -0.480 e. The van der Waals surface area contributed by atoms with Crippen LogP contribution in [0.2, 0.25) is 0 Å². The molecule has 0 aliphatic carbocycles. The molecule has 2 aromatic rings. The van der Waals surface area contributed by atoms with E-state index < -0.39 is 18.0 Å². The lowest BCUT2D eigenvalue weighted by molar-refractivity contribution is -0.139. The number of urea groups is 1. The monoisotopic (exact) mass is 295 g/mol. The molecule has 0 radical (unpaired) electrons. The molecule has 106 valence electrons. The molecule has 1 aromatic carbocycles. The van der Waals surface area contributed by atoms with Crippen molar-refractivity contribution < 1.29 is 19.8 Å². The van der Waals surface area contributed by atoms with E-state index in [0.717, 1.165) is 10.2 Å². The highest BCUT2D eigenvalue weighted by Gasteiger charge is 2.19. The number of hydrogen-bond acceptors (Lipinski definition) is 5. The van der Waals surface area contributed by atoms with E-state index in [1.165, 1.54) is 11.3 Å². The first-order valence-corrected chi connectivity index (χ1v) is 6.68. The smallest absolute Gasteiger partial charge is 0.326 e. The van der Waals surface area contributed by atoms with Crippen LogP contribution in [0.3, 0.4) is 0 Å². The molecule has 0 saturated heterocycles. The van der Waals surface area contributed by atoms with Crippen molar-refractivity contribution in [3.8, 4) is 0 Å². The first kappa shape index (κ1) is 14.2. The summed E-state index contributed by atoms with van der Waals surface area (Å²) in [6.07, 6.45) is -0.0530. The number of nitrogens with zero attached hydrogens (tertiary/aromatic N) is 1. The number of nitrogens with one attached hydrogen (secondary N) is 2. The Bertz CT molecular complexity index is 595. The lowest BCUT2D eigenvalue weighted by Crippen LogP contribution is -2.43. The zero-order chi connectivity index (χ0) is 14.5. The first-order chi connectivity index (χ1) is 9.60. The second-order valence-corrected chi connectivity index (χ2v) is 5.02. The van der Waals surface area contributed by atoms with Gasteiger partial charge >= 0.3 is 12.0 Å². The predicted octanol–water partition coefficient (Wildman–Crippen LogP) is 1.25. The fraction of sp³-hybridized carbons (Fsp3) is 0.250. The van der Waals surface area contributed by atoms with Gasteiger partial charge in [0.25, 0.3) is 0 Å². The molecule has 0 spiro atoms. The van der Waals surface area contributed by atoms with Gasteiger partial charge in [-0.2, -0.15) is 0 Å². The van der Waals surface area contributed by atoms with Gasteiger partial charge in [0.05, 0.1) is 10.2 Å². The first-order valence-electron chi connectivity index (χ1n) is 5.87. The number of aromatic nitrogens is 1. The summed E-state index contributed by atoms with van der Waals surface area (Å²) in [5.74, 6) is -1.20. The van der Waals surface area contributed by atoms with Gasteiger partial charge in [0.1, 0.15) is 6.04 Å². The van der Waals surface area contributed by atoms with Crippen LogP contribution in [0.4, 0.5) is 9.93 Å². The summed E-state index contributed by atoms with van der Waals surface area (Å²) in [5.41, 5.74) is 0.762. The Kier molecular flexibility index (Phi) is 4.49. The molecule has 0 aliphatic heterocycles. The number of carboxylic acid groups (broad SMARTS) is 1. The number of fused-ring (bicyclic) bond motifs is 1. The second-order valence-electron chi connectivity index (χ2n) is 3.99. The number of hydrogen-bond donors (Lipinski definition) is 4. The molecule has 0 aliphatic rings. The highest BCUT2D eigenvalue weighted by molar-refractivity contribution is 7.22. The highest BCUT2D eigenvalue weighted by atomic mass is 32.1. The molecule has 2 rings (SSSR count). The van der Waals surface area contributed by atoms with E-state index in [4.69, 9.17) is 10.2 Å². The maximum Gasteiger partial charge on any atom is 0.326 e. The molecular weight excluding hydrogens is 282 g/mol. The number of aliphatic hydroxyl groups excluding tert-OH is 1. The summed E-state index contributed by atoms with van der Waals surface area (Å²) in [4.78, 5) is 26.7.